The topological polar surface area (TPSA) is 53.0 Å². The molecule has 4 heteroatoms. The van der Waals surface area contributed by atoms with E-state index in [1.165, 1.54) is 16.7 Å². The van der Waals surface area contributed by atoms with Gasteiger partial charge in [-0.05, 0) is 0 Å². The molecule has 1 aromatic rings. The van der Waals surface area contributed by atoms with Crippen molar-refractivity contribution in [2.75, 3.05) is 5.73 Å². The first kappa shape index (κ1) is 4.39. The first-order valence-electron chi connectivity index (χ1n) is 1.65. The van der Waals surface area contributed by atoms with E-state index >= 15 is 0 Å². The Kier molecular flexibility index (Phi) is 0.867. The minimum atomic E-state index is 0.236. The van der Waals surface area contributed by atoms with Crippen LogP contribution in [0.4, 0.5) is 5.13 Å². The van der Waals surface area contributed by atoms with Crippen LogP contribution in [-0.4, -0.2) is 0 Å². The van der Waals surface area contributed by atoms with Gasteiger partial charge >= 0.3 is 5.13 Å². The van der Waals surface area contributed by atoms with E-state index in [-0.39, 0.29) is 5.13 Å². The number of anilines is 1. The lowest BCUT2D eigenvalue weighted by Gasteiger charge is -1.90. The molecular formula is C3H3N2OS. The molecule has 1 radical (unpaired) electrons. The highest BCUT2D eigenvalue weighted by Gasteiger charge is 1.92. The predicted molar refractivity (Wildman–Crippen MR) is 26.5 cm³/mol. The molecule has 0 saturated heterocycles. The van der Waals surface area contributed by atoms with Crippen molar-refractivity contribution < 1.29 is 4.73 Å². The summed E-state index contributed by atoms with van der Waals surface area (Å²) in [7, 11) is 0. The van der Waals surface area contributed by atoms with Gasteiger partial charge in [0.1, 0.15) is 0 Å². The van der Waals surface area contributed by atoms with Crippen LogP contribution in [0.25, 0.3) is 0 Å². The number of thiazole rings is 1. The molecular weight excluding hydrogens is 112 g/mol. The molecule has 0 fully saturated rings. The van der Waals surface area contributed by atoms with E-state index in [0.717, 1.165) is 0 Å². The van der Waals surface area contributed by atoms with Gasteiger partial charge in [0.05, 0.1) is 5.38 Å². The minimum absolute atomic E-state index is 0.236. The Morgan fingerprint density at radius 2 is 2.71 bits per heavy atom. The molecule has 0 atom stereocenters. The molecule has 0 amide bonds. The van der Waals surface area contributed by atoms with Crippen molar-refractivity contribution in [2.45, 2.75) is 0 Å². The summed E-state index contributed by atoms with van der Waals surface area (Å²) in [5.74, 6) is 0. The zero-order chi connectivity index (χ0) is 5.28. The van der Waals surface area contributed by atoms with Crippen molar-refractivity contribution >= 4 is 16.5 Å². The van der Waals surface area contributed by atoms with Crippen LogP contribution in [0.2, 0.25) is 0 Å². The van der Waals surface area contributed by atoms with Gasteiger partial charge in [0.25, 0.3) is 0 Å². The van der Waals surface area contributed by atoms with Gasteiger partial charge in [-0.15, -0.1) is 0 Å². The summed E-state index contributed by atoms with van der Waals surface area (Å²) >= 11 is 1.18. The number of rotatable bonds is 0. The van der Waals surface area contributed by atoms with E-state index in [1.807, 2.05) is 0 Å². The molecule has 1 rings (SSSR count). The zero-order valence-corrected chi connectivity index (χ0v) is 4.23. The van der Waals surface area contributed by atoms with E-state index in [4.69, 9.17) is 5.73 Å². The second-order valence-corrected chi connectivity index (χ2v) is 1.89. The molecule has 0 aliphatic heterocycles. The van der Waals surface area contributed by atoms with E-state index in [0.29, 0.717) is 4.73 Å². The lowest BCUT2D eigenvalue weighted by atomic mass is 11.0. The molecule has 1 aromatic heterocycles. The van der Waals surface area contributed by atoms with Gasteiger partial charge in [-0.2, -0.15) is 0 Å². The van der Waals surface area contributed by atoms with E-state index < -0.39 is 0 Å². The van der Waals surface area contributed by atoms with Crippen LogP contribution in [0.15, 0.2) is 5.38 Å². The summed E-state index contributed by atoms with van der Waals surface area (Å²) in [6.07, 6.45) is 2.32. The second-order valence-electron chi connectivity index (χ2n) is 0.997. The maximum Gasteiger partial charge on any atom is 0.335 e. The molecule has 0 saturated carbocycles. The van der Waals surface area contributed by atoms with Crippen molar-refractivity contribution in [3.05, 3.63) is 16.8 Å². The van der Waals surface area contributed by atoms with Crippen LogP contribution in [-0.2, 0) is 0 Å². The van der Waals surface area contributed by atoms with Gasteiger partial charge in [0, 0.05) is 0 Å². The molecule has 0 spiro atoms. The van der Waals surface area contributed by atoms with E-state index in [1.54, 1.807) is 0 Å². The summed E-state index contributed by atoms with van der Waals surface area (Å²) in [5, 5.41) is 11.9. The number of nitrogen functional groups attached to an aromatic ring is 1. The predicted octanol–water partition coefficient (Wildman–Crippen LogP) is -0.236. The Morgan fingerprint density at radius 3 is 2.86 bits per heavy atom. The van der Waals surface area contributed by atoms with Crippen molar-refractivity contribution in [3.63, 3.8) is 0 Å². The molecule has 3 nitrogen and oxygen atoms in total. The summed E-state index contributed by atoms with van der Waals surface area (Å²) in [4.78, 5) is 0. The van der Waals surface area contributed by atoms with Gasteiger partial charge in [-0.3, -0.25) is 5.73 Å². The normalized spacial score (nSPS) is 9.14. The average molecular weight is 115 g/mol. The summed E-state index contributed by atoms with van der Waals surface area (Å²) in [5.41, 5.74) is 5.08. The van der Waals surface area contributed by atoms with Gasteiger partial charge < -0.3 is 5.21 Å². The van der Waals surface area contributed by atoms with E-state index in [9.17, 15) is 5.21 Å². The van der Waals surface area contributed by atoms with Gasteiger partial charge in [-0.25, -0.2) is 4.73 Å². The number of hydrogen-bond donors (Lipinski definition) is 1. The third-order valence-electron chi connectivity index (χ3n) is 0.550. The number of nitrogens with zero attached hydrogens (tertiary/aromatic N) is 1. The van der Waals surface area contributed by atoms with Crippen molar-refractivity contribution in [3.8, 4) is 0 Å². The highest BCUT2D eigenvalue weighted by molar-refractivity contribution is 7.12. The first-order valence-corrected chi connectivity index (χ1v) is 2.53. The number of aromatic nitrogens is 1. The molecule has 0 unspecified atom stereocenters. The average Bonchev–Trinajstić information content (AvgIpc) is 1.91. The quantitative estimate of drug-likeness (QED) is 0.375. The van der Waals surface area contributed by atoms with E-state index in [2.05, 4.69) is 6.20 Å². The van der Waals surface area contributed by atoms with Crippen LogP contribution in [0.1, 0.15) is 0 Å². The van der Waals surface area contributed by atoms with Gasteiger partial charge in [0.2, 0.25) is 0 Å². The van der Waals surface area contributed by atoms with Gasteiger partial charge in [0.15, 0.2) is 6.20 Å². The minimum Gasteiger partial charge on any atom is -0.709 e. The van der Waals surface area contributed by atoms with Crippen LogP contribution in [0.5, 0.6) is 0 Å². The Bertz CT molecular complexity index is 145. The van der Waals surface area contributed by atoms with Crippen LogP contribution >= 0.6 is 11.3 Å². The van der Waals surface area contributed by atoms with Crippen molar-refractivity contribution in [1.82, 2.24) is 0 Å². The zero-order valence-electron chi connectivity index (χ0n) is 3.42. The largest absolute Gasteiger partial charge is 0.709 e. The summed E-state index contributed by atoms with van der Waals surface area (Å²) < 4.78 is 0.505. The lowest BCUT2D eigenvalue weighted by molar-refractivity contribution is -0.589. The molecule has 7 heavy (non-hydrogen) atoms. The maximum atomic E-state index is 10.2. The van der Waals surface area contributed by atoms with Crippen LogP contribution in [0, 0.1) is 11.4 Å². The summed E-state index contributed by atoms with van der Waals surface area (Å²) in [6.45, 7) is 0. The number of nitrogens with two attached hydrogens (primary N) is 1. The fourth-order valence-corrected chi connectivity index (χ4v) is 0.664. The Hall–Kier alpha value is -0.770. The van der Waals surface area contributed by atoms with Crippen LogP contribution in [0.3, 0.4) is 0 Å². The fraction of sp³-hybridized carbons (Fsp3) is 0. The molecule has 2 N–H and O–H groups in total. The van der Waals surface area contributed by atoms with Crippen molar-refractivity contribution in [2.24, 2.45) is 0 Å². The summed E-state index contributed by atoms with van der Waals surface area (Å²) in [6, 6.07) is 0. The molecule has 0 aromatic carbocycles. The first-order chi connectivity index (χ1) is 3.30. The second kappa shape index (κ2) is 1.38. The maximum absolute atomic E-state index is 10.2. The molecule has 0 aliphatic carbocycles. The van der Waals surface area contributed by atoms with Crippen molar-refractivity contribution in [1.29, 1.82) is 0 Å². The molecule has 1 heterocycles. The highest BCUT2D eigenvalue weighted by atomic mass is 32.1. The third-order valence-corrected chi connectivity index (χ3v) is 1.18. The van der Waals surface area contributed by atoms with Gasteiger partial charge in [-0.1, -0.05) is 11.3 Å². The monoisotopic (exact) mass is 115 g/mol. The lowest BCUT2D eigenvalue weighted by Crippen LogP contribution is -2.25. The SMILES string of the molecule is Nc1sc[c][n+]1[O-]. The standard InChI is InChI=1S/C3H3N2OS/c4-3-5(6)1-2-7-3/h2H,4H2. The molecule has 37 valence electrons. The van der Waals surface area contributed by atoms with Crippen LogP contribution < -0.4 is 10.5 Å². The Balaban J connectivity index is 3.12. The smallest absolute Gasteiger partial charge is 0.335 e. The number of hydrogen-bond acceptors (Lipinski definition) is 3. The highest BCUT2D eigenvalue weighted by Crippen LogP contribution is 1.99. The third kappa shape index (κ3) is 0.640. The molecule has 0 aliphatic rings. The fourth-order valence-electron chi connectivity index (χ4n) is 0.246. The molecule has 0 bridgehead atoms. The Labute approximate surface area is 44.6 Å². The Morgan fingerprint density at radius 1 is 2.00 bits per heavy atom.